The summed E-state index contributed by atoms with van der Waals surface area (Å²) < 4.78 is 53.0. The van der Waals surface area contributed by atoms with Crippen LogP contribution >= 0.6 is 0 Å². The number of hydrogen-bond donors (Lipinski definition) is 3. The van der Waals surface area contributed by atoms with Crippen LogP contribution in [0.3, 0.4) is 0 Å². The van der Waals surface area contributed by atoms with Crippen molar-refractivity contribution in [3.05, 3.63) is 41.5 Å². The SMILES string of the molecule is Cc1noc(C)c1-c1ccc2c(-c3nc(N[C@H]4C[C@@H](C(=O)O)CN(C(=O)OC(C)(C)C)C4)ncc3C(F)(F)F)c[nH]c2n1. The van der Waals surface area contributed by atoms with Gasteiger partial charge in [0.1, 0.15) is 22.6 Å². The number of hydrogen-bond acceptors (Lipinski definition) is 9. The Hall–Kier alpha value is -4.69. The number of anilines is 1. The summed E-state index contributed by atoms with van der Waals surface area (Å²) in [6.45, 7) is 8.54. The molecule has 0 aliphatic carbocycles. The molecule has 228 valence electrons. The number of aromatic nitrogens is 5. The van der Waals surface area contributed by atoms with Crippen molar-refractivity contribution in [2.75, 3.05) is 18.4 Å². The molecule has 4 aromatic heterocycles. The van der Waals surface area contributed by atoms with E-state index in [4.69, 9.17) is 9.26 Å². The number of carbonyl (C=O) groups excluding carboxylic acids is 1. The number of likely N-dealkylation sites (tertiary alicyclic amines) is 1. The van der Waals surface area contributed by atoms with Crippen LogP contribution in [0.5, 0.6) is 0 Å². The van der Waals surface area contributed by atoms with Crippen LogP contribution in [0, 0.1) is 19.8 Å². The molecule has 1 aliphatic heterocycles. The van der Waals surface area contributed by atoms with Crippen molar-refractivity contribution in [1.82, 2.24) is 30.0 Å². The number of rotatable bonds is 5. The van der Waals surface area contributed by atoms with Crippen LogP contribution in [0.1, 0.15) is 44.2 Å². The van der Waals surface area contributed by atoms with E-state index < -0.39 is 47.1 Å². The van der Waals surface area contributed by atoms with Gasteiger partial charge in [0, 0.05) is 42.5 Å². The second kappa shape index (κ2) is 10.9. The standard InChI is InChI=1S/C28H30F3N7O5/c1-13-21(14(2)43-37-13)20-7-6-17-18(9-32-23(17)35-20)22-19(28(29,30)31)10-33-25(36-22)34-16-8-15(24(39)40)11-38(12-16)26(41)42-27(3,4)5/h6-7,9-10,15-16H,8,11-12H2,1-5H3,(H,32,35)(H,39,40)(H,33,34,36)/t15-,16+/m1/s1. The minimum Gasteiger partial charge on any atom is -0.481 e. The number of H-pyrrole nitrogens is 1. The molecule has 1 saturated heterocycles. The highest BCUT2D eigenvalue weighted by molar-refractivity contribution is 5.94. The Morgan fingerprint density at radius 1 is 1.16 bits per heavy atom. The number of carboxylic acids is 1. The second-order valence-electron chi connectivity index (χ2n) is 11.4. The predicted octanol–water partition coefficient (Wildman–Crippen LogP) is 5.43. The van der Waals surface area contributed by atoms with Gasteiger partial charge in [-0.05, 0) is 53.2 Å². The van der Waals surface area contributed by atoms with Crippen LogP contribution in [-0.2, 0) is 15.7 Å². The summed E-state index contributed by atoms with van der Waals surface area (Å²) in [5, 5.41) is 16.9. The van der Waals surface area contributed by atoms with E-state index in [2.05, 4.69) is 30.4 Å². The number of aromatic amines is 1. The molecule has 0 unspecified atom stereocenters. The lowest BCUT2D eigenvalue weighted by molar-refractivity contribution is -0.143. The fourth-order valence-corrected chi connectivity index (χ4v) is 5.09. The summed E-state index contributed by atoms with van der Waals surface area (Å²) in [5.41, 5.74) is 0.0810. The molecule has 2 atom stereocenters. The molecule has 15 heteroatoms. The lowest BCUT2D eigenvalue weighted by Gasteiger charge is -2.37. The molecule has 0 spiro atoms. The third-order valence-electron chi connectivity index (χ3n) is 6.96. The Balaban J connectivity index is 1.49. The maximum atomic E-state index is 14.1. The highest BCUT2D eigenvalue weighted by Gasteiger charge is 2.38. The molecule has 12 nitrogen and oxygen atoms in total. The molecule has 0 bridgehead atoms. The Morgan fingerprint density at radius 3 is 2.53 bits per heavy atom. The number of fused-ring (bicyclic) bond motifs is 1. The van der Waals surface area contributed by atoms with Crippen molar-refractivity contribution in [3.8, 4) is 22.5 Å². The quantitative estimate of drug-likeness (QED) is 0.269. The van der Waals surface area contributed by atoms with Gasteiger partial charge < -0.3 is 29.6 Å². The molecular formula is C28H30F3N7O5. The number of aryl methyl sites for hydroxylation is 2. The average molecular weight is 602 g/mol. The van der Waals surface area contributed by atoms with Gasteiger partial charge in [-0.3, -0.25) is 4.79 Å². The van der Waals surface area contributed by atoms with Crippen LogP contribution in [0.15, 0.2) is 29.0 Å². The third-order valence-corrected chi connectivity index (χ3v) is 6.96. The summed E-state index contributed by atoms with van der Waals surface area (Å²) in [6, 6.07) is 2.63. The fraction of sp³-hybridized carbons (Fsp3) is 0.429. The number of carbonyl (C=O) groups is 2. The molecule has 0 aromatic carbocycles. The third kappa shape index (κ3) is 6.24. The van der Waals surface area contributed by atoms with Gasteiger partial charge in [0.15, 0.2) is 0 Å². The molecule has 5 rings (SSSR count). The Bertz CT molecular complexity index is 1670. The molecule has 0 radical (unpaired) electrons. The van der Waals surface area contributed by atoms with Gasteiger partial charge in [0.05, 0.1) is 28.6 Å². The minimum absolute atomic E-state index is 0.0416. The molecule has 4 aromatic rings. The largest absolute Gasteiger partial charge is 0.481 e. The molecule has 1 amide bonds. The zero-order chi connectivity index (χ0) is 31.3. The van der Waals surface area contributed by atoms with E-state index in [1.807, 2.05) is 0 Å². The van der Waals surface area contributed by atoms with E-state index >= 15 is 0 Å². The number of nitrogens with zero attached hydrogens (tertiary/aromatic N) is 5. The summed E-state index contributed by atoms with van der Waals surface area (Å²) in [4.78, 5) is 41.4. The maximum absolute atomic E-state index is 14.1. The van der Waals surface area contributed by atoms with E-state index in [1.165, 1.54) is 11.1 Å². The van der Waals surface area contributed by atoms with Crippen molar-refractivity contribution in [3.63, 3.8) is 0 Å². The number of piperidine rings is 1. The minimum atomic E-state index is -4.77. The zero-order valence-electron chi connectivity index (χ0n) is 24.0. The van der Waals surface area contributed by atoms with Gasteiger partial charge in [-0.1, -0.05) is 5.16 Å². The first-order valence-corrected chi connectivity index (χ1v) is 13.4. The zero-order valence-corrected chi connectivity index (χ0v) is 24.0. The van der Waals surface area contributed by atoms with Gasteiger partial charge in [-0.25, -0.2) is 19.7 Å². The monoisotopic (exact) mass is 601 g/mol. The summed E-state index contributed by atoms with van der Waals surface area (Å²) >= 11 is 0. The van der Waals surface area contributed by atoms with Crippen molar-refractivity contribution in [2.45, 2.75) is 58.9 Å². The van der Waals surface area contributed by atoms with Gasteiger partial charge in [-0.2, -0.15) is 13.2 Å². The first-order chi connectivity index (χ1) is 20.1. The van der Waals surface area contributed by atoms with E-state index in [0.29, 0.717) is 39.9 Å². The van der Waals surface area contributed by atoms with E-state index in [-0.39, 0.29) is 31.0 Å². The van der Waals surface area contributed by atoms with Gasteiger partial charge in [0.25, 0.3) is 0 Å². The van der Waals surface area contributed by atoms with Crippen molar-refractivity contribution in [2.24, 2.45) is 5.92 Å². The summed E-state index contributed by atoms with van der Waals surface area (Å²) in [7, 11) is 0. The Labute approximate surface area is 243 Å². The van der Waals surface area contributed by atoms with Crippen LogP contribution in [0.2, 0.25) is 0 Å². The van der Waals surface area contributed by atoms with Crippen LogP contribution in [-0.4, -0.2) is 71.9 Å². The lowest BCUT2D eigenvalue weighted by atomic mass is 9.94. The van der Waals surface area contributed by atoms with Crippen LogP contribution in [0.25, 0.3) is 33.5 Å². The first kappa shape index (κ1) is 29.8. The molecule has 1 aliphatic rings. The first-order valence-electron chi connectivity index (χ1n) is 13.4. The highest BCUT2D eigenvalue weighted by Crippen LogP contribution is 2.39. The molecule has 43 heavy (non-hydrogen) atoms. The van der Waals surface area contributed by atoms with Gasteiger partial charge in [-0.15, -0.1) is 0 Å². The number of halogens is 3. The molecule has 0 saturated carbocycles. The number of amides is 1. The van der Waals surface area contributed by atoms with E-state index in [1.54, 1.807) is 46.8 Å². The van der Waals surface area contributed by atoms with Gasteiger partial charge in [0.2, 0.25) is 5.95 Å². The van der Waals surface area contributed by atoms with Crippen molar-refractivity contribution < 1.29 is 37.1 Å². The number of pyridine rings is 1. The number of alkyl halides is 3. The number of ether oxygens (including phenoxy) is 1. The molecule has 5 heterocycles. The second-order valence-corrected chi connectivity index (χ2v) is 11.4. The average Bonchev–Trinajstić information content (AvgIpc) is 3.48. The smallest absolute Gasteiger partial charge is 0.419 e. The Morgan fingerprint density at radius 2 is 1.91 bits per heavy atom. The number of nitrogens with one attached hydrogen (secondary N) is 2. The fourth-order valence-electron chi connectivity index (χ4n) is 5.09. The molecule has 1 fully saturated rings. The van der Waals surface area contributed by atoms with E-state index in [0.717, 1.165) is 0 Å². The van der Waals surface area contributed by atoms with Crippen molar-refractivity contribution in [1.29, 1.82) is 0 Å². The summed E-state index contributed by atoms with van der Waals surface area (Å²) in [6.07, 6.45) is -3.30. The van der Waals surface area contributed by atoms with Crippen molar-refractivity contribution >= 4 is 29.0 Å². The molecular weight excluding hydrogens is 571 g/mol. The number of carboxylic acid groups (broad SMARTS) is 1. The normalized spacial score (nSPS) is 17.7. The highest BCUT2D eigenvalue weighted by atomic mass is 19.4. The lowest BCUT2D eigenvalue weighted by Crippen LogP contribution is -2.52. The maximum Gasteiger partial charge on any atom is 0.419 e. The predicted molar refractivity (Wildman–Crippen MR) is 148 cm³/mol. The van der Waals surface area contributed by atoms with Crippen LogP contribution in [0.4, 0.5) is 23.9 Å². The summed E-state index contributed by atoms with van der Waals surface area (Å²) in [5.74, 6) is -1.64. The Kier molecular flexibility index (Phi) is 7.52. The van der Waals surface area contributed by atoms with Crippen LogP contribution < -0.4 is 5.32 Å². The van der Waals surface area contributed by atoms with Gasteiger partial charge >= 0.3 is 18.2 Å². The topological polar surface area (TPSA) is 159 Å². The molecule has 3 N–H and O–H groups in total. The number of aliphatic carboxylic acids is 1. The van der Waals surface area contributed by atoms with E-state index in [9.17, 15) is 27.9 Å².